The molecule has 1 aliphatic rings. The first kappa shape index (κ1) is 23.5. The molecule has 9 nitrogen and oxygen atoms in total. The van der Waals surface area contributed by atoms with Crippen LogP contribution in [0.3, 0.4) is 0 Å². The summed E-state index contributed by atoms with van der Waals surface area (Å²) in [4.78, 5) is 48.5. The molecule has 1 atom stereocenters. The minimum absolute atomic E-state index is 0.254. The van der Waals surface area contributed by atoms with E-state index in [9.17, 15) is 19.2 Å². The second-order valence-corrected chi connectivity index (χ2v) is 6.91. The molecule has 0 unspecified atom stereocenters. The third kappa shape index (κ3) is 7.85. The number of hydrogen-bond acceptors (Lipinski definition) is 4. The van der Waals surface area contributed by atoms with E-state index in [1.807, 2.05) is 6.07 Å². The van der Waals surface area contributed by atoms with Gasteiger partial charge in [-0.2, -0.15) is 0 Å². The van der Waals surface area contributed by atoms with E-state index in [4.69, 9.17) is 0 Å². The zero-order valence-corrected chi connectivity index (χ0v) is 17.6. The van der Waals surface area contributed by atoms with E-state index in [0.29, 0.717) is 42.6 Å². The highest BCUT2D eigenvalue weighted by Crippen LogP contribution is 2.16. The van der Waals surface area contributed by atoms with Crippen molar-refractivity contribution in [2.24, 2.45) is 0 Å². The Kier molecular flexibility index (Phi) is 9.11. The van der Waals surface area contributed by atoms with Gasteiger partial charge in [0, 0.05) is 30.9 Å². The number of hydrogen-bond donors (Lipinski definition) is 5. The number of rotatable bonds is 4. The Hall–Kier alpha value is -3.80. The van der Waals surface area contributed by atoms with Crippen LogP contribution < -0.4 is 26.6 Å². The van der Waals surface area contributed by atoms with Crippen molar-refractivity contribution in [1.29, 1.82) is 0 Å². The van der Waals surface area contributed by atoms with Gasteiger partial charge >= 0.3 is 6.03 Å². The quantitative estimate of drug-likeness (QED) is 0.478. The Balaban J connectivity index is 2.24. The fraction of sp³-hybridized carbons (Fsp3) is 0.364. The summed E-state index contributed by atoms with van der Waals surface area (Å²) in [6.07, 6.45) is 4.54. The SMILES string of the molecule is CNC(=O)NCC(=O)N[C@H]1CCCCNC(=O)/C=C/C(=C(/C)c2c#cccc2)NC1=O. The minimum atomic E-state index is -0.795. The molecule has 0 spiro atoms. The van der Waals surface area contributed by atoms with Crippen LogP contribution in [-0.4, -0.2) is 49.9 Å². The van der Waals surface area contributed by atoms with E-state index in [1.54, 1.807) is 19.1 Å². The van der Waals surface area contributed by atoms with Crippen LogP contribution in [0.2, 0.25) is 0 Å². The van der Waals surface area contributed by atoms with Crippen LogP contribution in [0.5, 0.6) is 0 Å². The molecule has 0 bridgehead atoms. The summed E-state index contributed by atoms with van der Waals surface area (Å²) >= 11 is 0. The lowest BCUT2D eigenvalue weighted by Gasteiger charge is -2.20. The van der Waals surface area contributed by atoms with Crippen molar-refractivity contribution in [3.8, 4) is 0 Å². The summed E-state index contributed by atoms with van der Waals surface area (Å²) in [6, 6.07) is 9.87. The monoisotopic (exact) mass is 425 g/mol. The van der Waals surface area contributed by atoms with Crippen LogP contribution >= 0.6 is 0 Å². The van der Waals surface area contributed by atoms with E-state index < -0.39 is 23.9 Å². The minimum Gasteiger partial charge on any atom is -0.353 e. The molecule has 31 heavy (non-hydrogen) atoms. The van der Waals surface area contributed by atoms with Crippen molar-refractivity contribution in [3.63, 3.8) is 0 Å². The zero-order valence-electron chi connectivity index (χ0n) is 17.6. The van der Waals surface area contributed by atoms with Gasteiger partial charge in [0.15, 0.2) is 0 Å². The van der Waals surface area contributed by atoms with Crippen LogP contribution in [0.4, 0.5) is 4.79 Å². The molecule has 1 heterocycles. The summed E-state index contributed by atoms with van der Waals surface area (Å²) in [6.45, 7) is 2.00. The largest absolute Gasteiger partial charge is 0.353 e. The Morgan fingerprint density at radius 2 is 2.03 bits per heavy atom. The van der Waals surface area contributed by atoms with Gasteiger partial charge in [-0.05, 0) is 50.0 Å². The molecule has 1 aromatic carbocycles. The molecule has 0 aliphatic carbocycles. The van der Waals surface area contributed by atoms with Crippen molar-refractivity contribution in [1.82, 2.24) is 26.6 Å². The van der Waals surface area contributed by atoms with Gasteiger partial charge in [0.2, 0.25) is 17.7 Å². The van der Waals surface area contributed by atoms with E-state index in [0.717, 1.165) is 0 Å². The highest BCUT2D eigenvalue weighted by molar-refractivity contribution is 5.93. The van der Waals surface area contributed by atoms with Crippen LogP contribution in [0, 0.1) is 12.1 Å². The normalized spacial score (nSPS) is 19.9. The molecule has 5 N–H and O–H groups in total. The number of carbonyl (C=O) groups is 4. The van der Waals surface area contributed by atoms with Crippen LogP contribution in [-0.2, 0) is 14.4 Å². The Morgan fingerprint density at radius 1 is 1.23 bits per heavy atom. The molecule has 0 aromatic heterocycles. The predicted octanol–water partition coefficient (Wildman–Crippen LogP) is 0.404. The molecule has 164 valence electrons. The van der Waals surface area contributed by atoms with Gasteiger partial charge in [-0.25, -0.2) is 4.79 Å². The third-order valence-corrected chi connectivity index (χ3v) is 4.62. The Labute approximate surface area is 181 Å². The van der Waals surface area contributed by atoms with Crippen molar-refractivity contribution in [3.05, 3.63) is 53.7 Å². The first-order valence-electron chi connectivity index (χ1n) is 10.0. The van der Waals surface area contributed by atoms with Gasteiger partial charge in [-0.1, -0.05) is 18.2 Å². The second-order valence-electron chi connectivity index (χ2n) is 6.91. The van der Waals surface area contributed by atoms with Crippen molar-refractivity contribution >= 4 is 29.3 Å². The third-order valence-electron chi connectivity index (χ3n) is 4.62. The lowest BCUT2D eigenvalue weighted by Crippen LogP contribution is -2.50. The second kappa shape index (κ2) is 12.0. The zero-order chi connectivity index (χ0) is 22.6. The van der Waals surface area contributed by atoms with Crippen LogP contribution in [0.1, 0.15) is 31.7 Å². The van der Waals surface area contributed by atoms with Crippen LogP contribution in [0.15, 0.2) is 36.0 Å². The number of carbonyl (C=O) groups excluding carboxylic acids is 4. The van der Waals surface area contributed by atoms with Crippen molar-refractivity contribution < 1.29 is 19.2 Å². The number of urea groups is 1. The van der Waals surface area contributed by atoms with E-state index >= 15 is 0 Å². The molecule has 5 amide bonds. The van der Waals surface area contributed by atoms with Gasteiger partial charge in [-0.3, -0.25) is 14.4 Å². The van der Waals surface area contributed by atoms with Gasteiger partial charge in [0.25, 0.3) is 0 Å². The summed E-state index contributed by atoms with van der Waals surface area (Å²) in [5.74, 6) is -1.14. The number of allylic oxidation sites excluding steroid dienone is 2. The maximum Gasteiger partial charge on any atom is 0.314 e. The maximum absolute atomic E-state index is 13.0. The van der Waals surface area contributed by atoms with E-state index in [2.05, 4.69) is 38.7 Å². The highest BCUT2D eigenvalue weighted by Gasteiger charge is 2.22. The molecule has 1 aromatic rings. The highest BCUT2D eigenvalue weighted by atomic mass is 16.2. The summed E-state index contributed by atoms with van der Waals surface area (Å²) in [5, 5.41) is 13.0. The number of amides is 5. The van der Waals surface area contributed by atoms with Crippen molar-refractivity contribution in [2.45, 2.75) is 32.2 Å². The fourth-order valence-corrected chi connectivity index (χ4v) is 2.86. The molecule has 9 heteroatoms. The molecular weight excluding hydrogens is 398 g/mol. The first-order valence-corrected chi connectivity index (χ1v) is 10.0. The number of nitrogens with one attached hydrogen (secondary N) is 5. The Morgan fingerprint density at radius 3 is 2.74 bits per heavy atom. The van der Waals surface area contributed by atoms with Crippen molar-refractivity contribution in [2.75, 3.05) is 20.1 Å². The van der Waals surface area contributed by atoms with E-state index in [-0.39, 0.29) is 12.5 Å². The summed E-state index contributed by atoms with van der Waals surface area (Å²) in [5.41, 5.74) is 1.82. The molecular formula is C22H27N5O4. The molecule has 2 rings (SSSR count). The Bertz CT molecular complexity index is 864. The maximum atomic E-state index is 13.0. The standard InChI is InChI=1S/C22H27N5O4/c1-15(16-8-4-3-5-9-16)17-11-12-19(28)24-13-7-6-10-18(21(30)27-17)26-20(29)14-25-22(31)23-2/h3-4,8,11-12,18H,6-7,10,13-14H2,1-2H3,(H,24,28)(H,26,29)(H,27,30)(H2,23,25,31)/b12-11+,17-15+/t18-/m0/s1. The van der Waals surface area contributed by atoms with Gasteiger partial charge in [0.1, 0.15) is 6.04 Å². The van der Waals surface area contributed by atoms with Gasteiger partial charge in [-0.15, -0.1) is 0 Å². The molecule has 1 aliphatic heterocycles. The average Bonchev–Trinajstić information content (AvgIpc) is 2.78. The topological polar surface area (TPSA) is 128 Å². The lowest BCUT2D eigenvalue weighted by atomic mass is 10.0. The molecule has 0 fully saturated rings. The smallest absolute Gasteiger partial charge is 0.314 e. The fourth-order valence-electron chi connectivity index (χ4n) is 2.86. The molecule has 0 saturated carbocycles. The van der Waals surface area contributed by atoms with Crippen LogP contribution in [0.25, 0.3) is 5.57 Å². The molecule has 0 saturated heterocycles. The average molecular weight is 425 g/mol. The summed E-state index contributed by atoms with van der Waals surface area (Å²) in [7, 11) is 1.44. The molecule has 0 radical (unpaired) electrons. The van der Waals surface area contributed by atoms with Gasteiger partial charge in [0.05, 0.1) is 6.54 Å². The lowest BCUT2D eigenvalue weighted by molar-refractivity contribution is -0.128. The van der Waals surface area contributed by atoms with E-state index in [1.165, 1.54) is 19.2 Å². The van der Waals surface area contributed by atoms with Gasteiger partial charge < -0.3 is 26.6 Å². The predicted molar refractivity (Wildman–Crippen MR) is 115 cm³/mol. The first-order chi connectivity index (χ1) is 14.9. The summed E-state index contributed by atoms with van der Waals surface area (Å²) < 4.78 is 0.